The lowest BCUT2D eigenvalue weighted by Gasteiger charge is -2.28. The van der Waals surface area contributed by atoms with Gasteiger partial charge in [0.15, 0.2) is 0 Å². The molecular weight excluding hydrogens is 304 g/mol. The molecule has 6 nitrogen and oxygen atoms in total. The number of nitrogens with one attached hydrogen (secondary N) is 1. The van der Waals surface area contributed by atoms with E-state index in [-0.39, 0.29) is 6.04 Å². The van der Waals surface area contributed by atoms with Crippen LogP contribution >= 0.6 is 0 Å². The molecule has 6 heteroatoms. The highest BCUT2D eigenvalue weighted by atomic mass is 16.4. The molecule has 0 bridgehead atoms. The van der Waals surface area contributed by atoms with Crippen molar-refractivity contribution in [3.05, 3.63) is 35.5 Å². The monoisotopic (exact) mass is 330 g/mol. The topological polar surface area (TPSA) is 106 Å². The third-order valence-corrected chi connectivity index (χ3v) is 4.84. The lowest BCUT2D eigenvalue weighted by atomic mass is 9.95. The van der Waals surface area contributed by atoms with Crippen LogP contribution in [0, 0.1) is 0 Å². The van der Waals surface area contributed by atoms with Gasteiger partial charge in [0.1, 0.15) is 6.04 Å². The van der Waals surface area contributed by atoms with E-state index < -0.39 is 12.0 Å². The minimum absolute atomic E-state index is 0.230. The molecule has 1 aliphatic rings. The van der Waals surface area contributed by atoms with Crippen molar-refractivity contribution in [3.8, 4) is 0 Å². The number of fused-ring (bicyclic) bond motifs is 3. The van der Waals surface area contributed by atoms with E-state index in [4.69, 9.17) is 11.5 Å². The molecule has 0 spiro atoms. The van der Waals surface area contributed by atoms with Gasteiger partial charge in [-0.1, -0.05) is 18.2 Å². The summed E-state index contributed by atoms with van der Waals surface area (Å²) in [6, 6.07) is 7.56. The fourth-order valence-corrected chi connectivity index (χ4v) is 3.72. The molecular formula is C18H26N4O2. The Bertz CT molecular complexity index is 725. The number of aliphatic carboxylic acids is 1. The van der Waals surface area contributed by atoms with Crippen molar-refractivity contribution in [3.63, 3.8) is 0 Å². The highest BCUT2D eigenvalue weighted by molar-refractivity contribution is 5.87. The van der Waals surface area contributed by atoms with Crippen molar-refractivity contribution < 1.29 is 9.90 Å². The third-order valence-electron chi connectivity index (χ3n) is 4.84. The number of aromatic nitrogens is 1. The molecule has 2 heterocycles. The molecule has 3 rings (SSSR count). The van der Waals surface area contributed by atoms with Gasteiger partial charge in [0.2, 0.25) is 0 Å². The number of nitrogens with two attached hydrogens (primary N) is 2. The van der Waals surface area contributed by atoms with Gasteiger partial charge >= 0.3 is 5.97 Å². The molecule has 24 heavy (non-hydrogen) atoms. The van der Waals surface area contributed by atoms with Crippen LogP contribution in [0.1, 0.15) is 36.6 Å². The first-order chi connectivity index (χ1) is 11.6. The highest BCUT2D eigenvalue weighted by Gasteiger charge is 2.28. The quantitative estimate of drug-likeness (QED) is 0.574. The average Bonchev–Trinajstić information content (AvgIpc) is 2.90. The maximum atomic E-state index is 11.3. The van der Waals surface area contributed by atoms with E-state index in [1.54, 1.807) is 0 Å². The van der Waals surface area contributed by atoms with E-state index in [0.29, 0.717) is 13.0 Å². The van der Waals surface area contributed by atoms with Gasteiger partial charge in [-0.15, -0.1) is 0 Å². The molecule has 0 radical (unpaired) electrons. The summed E-state index contributed by atoms with van der Waals surface area (Å²) in [7, 11) is 0. The van der Waals surface area contributed by atoms with Gasteiger partial charge in [-0.3, -0.25) is 4.79 Å². The summed E-state index contributed by atoms with van der Waals surface area (Å²) in [5.41, 5.74) is 14.9. The predicted molar refractivity (Wildman–Crippen MR) is 94.9 cm³/mol. The number of carbonyl (C=O) groups is 1. The first-order valence-corrected chi connectivity index (χ1v) is 8.65. The Morgan fingerprint density at radius 2 is 2.21 bits per heavy atom. The van der Waals surface area contributed by atoms with Gasteiger partial charge in [-0.25, -0.2) is 0 Å². The molecule has 0 fully saturated rings. The van der Waals surface area contributed by atoms with Crippen molar-refractivity contribution in [1.29, 1.82) is 0 Å². The van der Waals surface area contributed by atoms with Crippen molar-refractivity contribution in [2.75, 3.05) is 13.1 Å². The fraction of sp³-hybridized carbons (Fsp3) is 0.500. The molecule has 0 unspecified atom stereocenters. The first-order valence-electron chi connectivity index (χ1n) is 8.65. The number of aryl methyl sites for hydroxylation is 1. The van der Waals surface area contributed by atoms with E-state index in [1.807, 2.05) is 12.1 Å². The van der Waals surface area contributed by atoms with Crippen LogP contribution in [0.15, 0.2) is 24.3 Å². The van der Waals surface area contributed by atoms with Gasteiger partial charge in [0.05, 0.1) is 0 Å². The van der Waals surface area contributed by atoms with Gasteiger partial charge in [-0.2, -0.15) is 0 Å². The minimum atomic E-state index is -0.956. The smallest absolute Gasteiger partial charge is 0.320 e. The van der Waals surface area contributed by atoms with Crippen molar-refractivity contribution in [2.45, 2.75) is 44.3 Å². The lowest BCUT2D eigenvalue weighted by Crippen LogP contribution is -2.34. The van der Waals surface area contributed by atoms with E-state index >= 15 is 0 Å². The molecule has 1 aromatic carbocycles. The van der Waals surface area contributed by atoms with Crippen molar-refractivity contribution in [1.82, 2.24) is 9.88 Å². The van der Waals surface area contributed by atoms with Crippen LogP contribution in [0.5, 0.6) is 0 Å². The second-order valence-corrected chi connectivity index (χ2v) is 6.47. The van der Waals surface area contributed by atoms with Crippen molar-refractivity contribution >= 4 is 16.9 Å². The summed E-state index contributed by atoms with van der Waals surface area (Å²) >= 11 is 0. The Labute approximate surface area is 141 Å². The lowest BCUT2D eigenvalue weighted by molar-refractivity contribution is -0.138. The van der Waals surface area contributed by atoms with E-state index in [0.717, 1.165) is 43.3 Å². The summed E-state index contributed by atoms with van der Waals surface area (Å²) in [5.74, 6) is -0.956. The van der Waals surface area contributed by atoms with Crippen LogP contribution in [0.25, 0.3) is 10.9 Å². The number of hydrogen-bond acceptors (Lipinski definition) is 4. The maximum absolute atomic E-state index is 11.3. The van der Waals surface area contributed by atoms with Crippen molar-refractivity contribution in [2.24, 2.45) is 11.5 Å². The van der Waals surface area contributed by atoms with Gasteiger partial charge in [0, 0.05) is 35.6 Å². The molecule has 0 saturated heterocycles. The van der Waals surface area contributed by atoms with Crippen LogP contribution in [0.2, 0.25) is 0 Å². The number of carboxylic acid groups (broad SMARTS) is 1. The Morgan fingerprint density at radius 1 is 1.42 bits per heavy atom. The zero-order valence-electron chi connectivity index (χ0n) is 13.9. The van der Waals surface area contributed by atoms with Crippen LogP contribution < -0.4 is 16.8 Å². The Hall–Kier alpha value is -1.89. The van der Waals surface area contributed by atoms with E-state index in [2.05, 4.69) is 22.0 Å². The Balaban J connectivity index is 2.04. The minimum Gasteiger partial charge on any atom is -0.480 e. The average molecular weight is 330 g/mol. The highest BCUT2D eigenvalue weighted by Crippen LogP contribution is 2.36. The molecule has 1 aliphatic heterocycles. The van der Waals surface area contributed by atoms with Crippen LogP contribution in [-0.2, 0) is 17.8 Å². The molecule has 1 aromatic heterocycles. The standard InChI is InChI=1S/C18H26N4O2/c19-8-4-9-21-15-6-3-10-22-16-7-2-1-5-12(16)13(17(15)22)11-14(20)18(23)24/h1-2,5,7,14-15,21H,3-4,6,8-11,19-20H2,(H,23,24)/t14-,15-/m0/s1. The van der Waals surface area contributed by atoms with Crippen LogP contribution in [0.4, 0.5) is 0 Å². The summed E-state index contributed by atoms with van der Waals surface area (Å²) in [6.45, 7) is 2.50. The molecule has 6 N–H and O–H groups in total. The van der Waals surface area contributed by atoms with Gasteiger partial charge in [-0.05, 0) is 44.0 Å². The number of carboxylic acids is 1. The second-order valence-electron chi connectivity index (χ2n) is 6.47. The summed E-state index contributed by atoms with van der Waals surface area (Å²) < 4.78 is 2.34. The number of para-hydroxylation sites is 1. The van der Waals surface area contributed by atoms with Crippen LogP contribution in [-0.4, -0.2) is 34.8 Å². The van der Waals surface area contributed by atoms with Crippen LogP contribution in [0.3, 0.4) is 0 Å². The number of nitrogens with zero attached hydrogens (tertiary/aromatic N) is 1. The molecule has 0 saturated carbocycles. The third kappa shape index (κ3) is 3.17. The molecule has 130 valence electrons. The molecule has 0 aliphatic carbocycles. The summed E-state index contributed by atoms with van der Waals surface area (Å²) in [4.78, 5) is 11.3. The first kappa shape index (κ1) is 17.0. The largest absolute Gasteiger partial charge is 0.480 e. The normalized spacial score (nSPS) is 18.5. The maximum Gasteiger partial charge on any atom is 0.320 e. The number of rotatable bonds is 7. The zero-order valence-corrected chi connectivity index (χ0v) is 13.9. The number of benzene rings is 1. The zero-order chi connectivity index (χ0) is 17.1. The Kier molecular flexibility index (Phi) is 5.18. The van der Waals surface area contributed by atoms with Gasteiger partial charge < -0.3 is 26.5 Å². The summed E-state index contributed by atoms with van der Waals surface area (Å²) in [5, 5.41) is 14.0. The Morgan fingerprint density at radius 3 is 2.96 bits per heavy atom. The second kappa shape index (κ2) is 7.34. The molecule has 0 amide bonds. The molecule has 2 aromatic rings. The predicted octanol–water partition coefficient (Wildman–Crippen LogP) is 1.37. The molecule has 2 atom stereocenters. The summed E-state index contributed by atoms with van der Waals surface area (Å²) in [6.07, 6.45) is 3.44. The SMILES string of the molecule is NCCCN[C@H]1CCCn2c1c(C[C@H](N)C(=O)O)c1ccccc12. The van der Waals surface area contributed by atoms with E-state index in [9.17, 15) is 9.90 Å². The fourth-order valence-electron chi connectivity index (χ4n) is 3.72. The number of hydrogen-bond donors (Lipinski definition) is 4. The van der Waals surface area contributed by atoms with E-state index in [1.165, 1.54) is 11.2 Å². The van der Waals surface area contributed by atoms with Gasteiger partial charge in [0.25, 0.3) is 0 Å².